The number of aromatic nitrogens is 2. The molecule has 0 bridgehead atoms. The lowest BCUT2D eigenvalue weighted by atomic mass is 10.2. The topological polar surface area (TPSA) is 87.2 Å². The van der Waals surface area contributed by atoms with Crippen molar-refractivity contribution in [3.8, 4) is 0 Å². The Morgan fingerprint density at radius 3 is 2.21 bits per heavy atom. The molecule has 7 nitrogen and oxygen atoms in total. The number of carbonyl (C=O) groups is 2. The van der Waals surface area contributed by atoms with E-state index in [1.165, 1.54) is 18.8 Å². The first-order chi connectivity index (χ1) is 14.0. The van der Waals surface area contributed by atoms with Gasteiger partial charge in [0.15, 0.2) is 0 Å². The molecule has 0 saturated carbocycles. The quantitative estimate of drug-likeness (QED) is 0.643. The van der Waals surface area contributed by atoms with Crippen LogP contribution in [0.5, 0.6) is 0 Å². The van der Waals surface area contributed by atoms with Gasteiger partial charge in [-0.1, -0.05) is 30.3 Å². The Hall–Kier alpha value is -3.74. The van der Waals surface area contributed by atoms with Crippen molar-refractivity contribution in [1.29, 1.82) is 0 Å². The maximum absolute atomic E-state index is 12.6. The molecule has 0 atom stereocenters. The second-order valence-electron chi connectivity index (χ2n) is 6.47. The highest BCUT2D eigenvalue weighted by atomic mass is 16.2. The molecule has 2 aromatic carbocycles. The van der Waals surface area contributed by atoms with Crippen LogP contribution < -0.4 is 15.5 Å². The molecule has 29 heavy (non-hydrogen) atoms. The molecule has 1 aromatic heterocycles. The molecule has 1 heterocycles. The van der Waals surface area contributed by atoms with Gasteiger partial charge in [-0.25, -0.2) is 9.97 Å². The number of nitrogens with one attached hydrogen (secondary N) is 2. The van der Waals surface area contributed by atoms with Gasteiger partial charge in [-0.3, -0.25) is 9.59 Å². The van der Waals surface area contributed by atoms with E-state index in [1.54, 1.807) is 30.3 Å². The highest BCUT2D eigenvalue weighted by Gasteiger charge is 2.13. The van der Waals surface area contributed by atoms with Crippen molar-refractivity contribution in [1.82, 2.24) is 9.97 Å². The SMILES string of the molecule is CCN(Cc1ccccc1)c1cc(C(=O)Nc2ccc(NC(C)=O)cc2)ncn1. The van der Waals surface area contributed by atoms with Gasteiger partial charge in [0.1, 0.15) is 17.8 Å². The van der Waals surface area contributed by atoms with Crippen LogP contribution in [0.2, 0.25) is 0 Å². The van der Waals surface area contributed by atoms with Crippen LogP contribution in [0.15, 0.2) is 67.0 Å². The number of amides is 2. The highest BCUT2D eigenvalue weighted by molar-refractivity contribution is 6.03. The van der Waals surface area contributed by atoms with Crippen LogP contribution in [0.3, 0.4) is 0 Å². The summed E-state index contributed by atoms with van der Waals surface area (Å²) in [4.78, 5) is 34.2. The summed E-state index contributed by atoms with van der Waals surface area (Å²) in [6.07, 6.45) is 1.40. The number of nitrogens with zero attached hydrogens (tertiary/aromatic N) is 3. The van der Waals surface area contributed by atoms with E-state index in [1.807, 2.05) is 25.1 Å². The van der Waals surface area contributed by atoms with Gasteiger partial charge in [0.25, 0.3) is 5.91 Å². The Morgan fingerprint density at radius 1 is 0.931 bits per heavy atom. The Balaban J connectivity index is 1.70. The van der Waals surface area contributed by atoms with E-state index >= 15 is 0 Å². The van der Waals surface area contributed by atoms with E-state index < -0.39 is 0 Å². The smallest absolute Gasteiger partial charge is 0.274 e. The van der Waals surface area contributed by atoms with Gasteiger partial charge >= 0.3 is 0 Å². The van der Waals surface area contributed by atoms with Crippen LogP contribution in [0.25, 0.3) is 0 Å². The summed E-state index contributed by atoms with van der Waals surface area (Å²) in [5, 5.41) is 5.50. The van der Waals surface area contributed by atoms with Crippen molar-refractivity contribution in [2.75, 3.05) is 22.1 Å². The Labute approximate surface area is 169 Å². The second-order valence-corrected chi connectivity index (χ2v) is 6.47. The van der Waals surface area contributed by atoms with E-state index in [4.69, 9.17) is 0 Å². The molecule has 2 amide bonds. The summed E-state index contributed by atoms with van der Waals surface area (Å²) in [7, 11) is 0. The largest absolute Gasteiger partial charge is 0.352 e. The molecule has 0 radical (unpaired) electrons. The lowest BCUT2D eigenvalue weighted by Gasteiger charge is -2.22. The monoisotopic (exact) mass is 389 g/mol. The summed E-state index contributed by atoms with van der Waals surface area (Å²) in [5.41, 5.74) is 2.73. The van der Waals surface area contributed by atoms with Crippen LogP contribution >= 0.6 is 0 Å². The van der Waals surface area contributed by atoms with Crippen molar-refractivity contribution in [3.63, 3.8) is 0 Å². The first-order valence-electron chi connectivity index (χ1n) is 9.35. The zero-order valence-electron chi connectivity index (χ0n) is 16.4. The molecule has 7 heteroatoms. The fraction of sp³-hybridized carbons (Fsp3) is 0.182. The fourth-order valence-corrected chi connectivity index (χ4v) is 2.84. The van der Waals surface area contributed by atoms with Crippen LogP contribution in [0.4, 0.5) is 17.2 Å². The highest BCUT2D eigenvalue weighted by Crippen LogP contribution is 2.17. The number of benzene rings is 2. The lowest BCUT2D eigenvalue weighted by molar-refractivity contribution is -0.114. The molecular formula is C22H23N5O2. The fourth-order valence-electron chi connectivity index (χ4n) is 2.84. The molecule has 0 aliphatic heterocycles. The summed E-state index contributed by atoms with van der Waals surface area (Å²) in [6, 6.07) is 18.7. The maximum Gasteiger partial charge on any atom is 0.274 e. The normalized spacial score (nSPS) is 10.3. The van der Waals surface area contributed by atoms with Crippen LogP contribution in [-0.4, -0.2) is 28.3 Å². The molecule has 3 aromatic rings. The molecule has 3 rings (SSSR count). The molecule has 0 aliphatic carbocycles. The average Bonchev–Trinajstić information content (AvgIpc) is 2.74. The van der Waals surface area contributed by atoms with Gasteiger partial charge in [-0.05, 0) is 36.8 Å². The minimum atomic E-state index is -0.323. The van der Waals surface area contributed by atoms with Gasteiger partial charge in [-0.15, -0.1) is 0 Å². The predicted molar refractivity (Wildman–Crippen MR) is 114 cm³/mol. The lowest BCUT2D eigenvalue weighted by Crippen LogP contribution is -2.24. The Morgan fingerprint density at radius 2 is 1.59 bits per heavy atom. The minimum Gasteiger partial charge on any atom is -0.352 e. The van der Waals surface area contributed by atoms with E-state index in [9.17, 15) is 9.59 Å². The Bertz CT molecular complexity index is 974. The van der Waals surface area contributed by atoms with Crippen molar-refractivity contribution < 1.29 is 9.59 Å². The number of rotatable bonds is 7. The third-order valence-corrected chi connectivity index (χ3v) is 4.27. The van der Waals surface area contributed by atoms with Crippen molar-refractivity contribution in [2.45, 2.75) is 20.4 Å². The van der Waals surface area contributed by atoms with E-state index in [-0.39, 0.29) is 17.5 Å². The first kappa shape index (κ1) is 20.0. The molecule has 0 spiro atoms. The minimum absolute atomic E-state index is 0.147. The molecule has 2 N–H and O–H groups in total. The standard InChI is InChI=1S/C22H23N5O2/c1-3-27(14-17-7-5-4-6-8-17)21-13-20(23-15-24-21)22(29)26-19-11-9-18(10-12-19)25-16(2)28/h4-13,15H,3,14H2,1-2H3,(H,25,28)(H,26,29). The molecule has 0 saturated heterocycles. The van der Waals surface area contributed by atoms with Gasteiger partial charge in [-0.2, -0.15) is 0 Å². The molecule has 0 aliphatic rings. The Kier molecular flexibility index (Phi) is 6.52. The van der Waals surface area contributed by atoms with E-state index in [0.29, 0.717) is 23.7 Å². The summed E-state index contributed by atoms with van der Waals surface area (Å²) in [5.74, 6) is 0.223. The van der Waals surface area contributed by atoms with Gasteiger partial charge in [0.05, 0.1) is 0 Å². The molecule has 148 valence electrons. The number of hydrogen-bond donors (Lipinski definition) is 2. The zero-order chi connectivity index (χ0) is 20.6. The maximum atomic E-state index is 12.6. The third kappa shape index (κ3) is 5.62. The van der Waals surface area contributed by atoms with Gasteiger partial charge < -0.3 is 15.5 Å². The van der Waals surface area contributed by atoms with Crippen LogP contribution in [0, 0.1) is 0 Å². The first-order valence-corrected chi connectivity index (χ1v) is 9.35. The second kappa shape index (κ2) is 9.45. The zero-order valence-corrected chi connectivity index (χ0v) is 16.4. The van der Waals surface area contributed by atoms with E-state index in [2.05, 4.69) is 37.6 Å². The summed E-state index contributed by atoms with van der Waals surface area (Å²) in [6.45, 7) is 4.93. The third-order valence-electron chi connectivity index (χ3n) is 4.27. The van der Waals surface area contributed by atoms with Crippen LogP contribution in [-0.2, 0) is 11.3 Å². The average molecular weight is 389 g/mol. The number of hydrogen-bond acceptors (Lipinski definition) is 5. The summed E-state index contributed by atoms with van der Waals surface area (Å²) < 4.78 is 0. The predicted octanol–water partition coefficient (Wildman–Crippen LogP) is 3.71. The molecule has 0 unspecified atom stereocenters. The molecular weight excluding hydrogens is 366 g/mol. The van der Waals surface area contributed by atoms with Crippen LogP contribution in [0.1, 0.15) is 29.9 Å². The summed E-state index contributed by atoms with van der Waals surface area (Å²) >= 11 is 0. The van der Waals surface area contributed by atoms with E-state index in [0.717, 1.165) is 6.54 Å². The van der Waals surface area contributed by atoms with Gasteiger partial charge in [0, 0.05) is 37.5 Å². The van der Waals surface area contributed by atoms with Crippen molar-refractivity contribution in [3.05, 3.63) is 78.2 Å². The number of anilines is 3. The van der Waals surface area contributed by atoms with Gasteiger partial charge in [0.2, 0.25) is 5.91 Å². The number of carbonyl (C=O) groups excluding carboxylic acids is 2. The molecule has 0 fully saturated rings. The van der Waals surface area contributed by atoms with Crippen molar-refractivity contribution in [2.24, 2.45) is 0 Å². The van der Waals surface area contributed by atoms with Crippen molar-refractivity contribution >= 4 is 29.0 Å².